The third-order valence-corrected chi connectivity index (χ3v) is 1.33. The molecule has 0 spiro atoms. The molecule has 0 aromatic heterocycles. The predicted molar refractivity (Wildman–Crippen MR) is 42.8 cm³/mol. The van der Waals surface area contributed by atoms with Crippen molar-refractivity contribution in [3.05, 3.63) is 12.5 Å². The van der Waals surface area contributed by atoms with Gasteiger partial charge in [-0.1, -0.05) is 20.8 Å². The zero-order chi connectivity index (χ0) is 7.98. The van der Waals surface area contributed by atoms with Crippen LogP contribution in [0.5, 0.6) is 0 Å². The lowest BCUT2D eigenvalue weighted by atomic mass is 10.1. The zero-order valence-corrected chi connectivity index (χ0v) is 6.76. The van der Waals surface area contributed by atoms with Crippen molar-refractivity contribution in [1.29, 1.82) is 0 Å². The molecule has 0 fully saturated rings. The van der Waals surface area contributed by atoms with E-state index in [-0.39, 0.29) is 0 Å². The molecule has 0 bridgehead atoms. The Hall–Kier alpha value is -0.660. The van der Waals surface area contributed by atoms with E-state index in [4.69, 9.17) is 0 Å². The Balaban J connectivity index is 4.04. The van der Waals surface area contributed by atoms with Gasteiger partial charge in [0, 0.05) is 5.71 Å². The molecule has 0 amide bonds. The molecule has 0 unspecified atom stereocenters. The van der Waals surface area contributed by atoms with E-state index in [9.17, 15) is 4.39 Å². The highest BCUT2D eigenvalue weighted by Gasteiger charge is 1.99. The highest BCUT2D eigenvalue weighted by atomic mass is 19.1. The number of nitrogens with zero attached hydrogens (tertiary/aromatic N) is 1. The molecule has 0 aromatic carbocycles. The Morgan fingerprint density at radius 2 is 2.20 bits per heavy atom. The number of aliphatic imine (C=N–C) groups is 1. The van der Waals surface area contributed by atoms with E-state index in [2.05, 4.69) is 18.8 Å². The van der Waals surface area contributed by atoms with Crippen LogP contribution < -0.4 is 0 Å². The highest BCUT2D eigenvalue weighted by Crippen LogP contribution is 2.01. The molecule has 0 N–H and O–H groups in total. The van der Waals surface area contributed by atoms with Gasteiger partial charge in [0.15, 0.2) is 0 Å². The number of halogens is 1. The summed E-state index contributed by atoms with van der Waals surface area (Å²) in [5, 5.41) is 0. The molecule has 0 aliphatic rings. The van der Waals surface area contributed by atoms with Gasteiger partial charge in [0.2, 0.25) is 0 Å². The van der Waals surface area contributed by atoms with Gasteiger partial charge < -0.3 is 0 Å². The molecule has 0 radical (unpaired) electrons. The molecular weight excluding hydrogens is 129 g/mol. The van der Waals surface area contributed by atoms with Gasteiger partial charge in [0.05, 0.1) is 6.20 Å². The highest BCUT2D eigenvalue weighted by molar-refractivity contribution is 5.86. The largest absolute Gasteiger partial charge is 0.263 e. The van der Waals surface area contributed by atoms with E-state index >= 15 is 0 Å². The van der Waals surface area contributed by atoms with Gasteiger partial charge in [-0.3, -0.25) is 4.99 Å². The van der Waals surface area contributed by atoms with Gasteiger partial charge >= 0.3 is 0 Å². The maximum absolute atomic E-state index is 11.5. The van der Waals surface area contributed by atoms with E-state index in [1.165, 1.54) is 6.20 Å². The molecule has 0 saturated carbocycles. The third-order valence-electron chi connectivity index (χ3n) is 1.33. The second-order valence-electron chi connectivity index (χ2n) is 2.40. The van der Waals surface area contributed by atoms with Crippen LogP contribution in [0, 0.1) is 5.92 Å². The van der Waals surface area contributed by atoms with Gasteiger partial charge in [-0.2, -0.15) is 0 Å². The van der Waals surface area contributed by atoms with Crippen molar-refractivity contribution in [3.63, 3.8) is 0 Å². The quantitative estimate of drug-likeness (QED) is 0.538. The summed E-state index contributed by atoms with van der Waals surface area (Å²) in [5.41, 5.74) is 1.04. The van der Waals surface area contributed by atoms with Crippen LogP contribution >= 0.6 is 0 Å². The van der Waals surface area contributed by atoms with E-state index in [1.54, 1.807) is 0 Å². The standard InChI is InChI=1S/C8H14FN/c1-4-8(7(2)3)10-6-5-9/h5-7H,4H2,1-3H3/b6-5-,10-8?. The molecule has 1 nitrogen and oxygen atoms in total. The zero-order valence-electron chi connectivity index (χ0n) is 6.76. The summed E-state index contributed by atoms with van der Waals surface area (Å²) in [5.74, 6) is 0.418. The molecular formula is C8H14FN. The minimum Gasteiger partial charge on any atom is -0.263 e. The number of hydrogen-bond donors (Lipinski definition) is 0. The molecule has 0 aromatic rings. The maximum atomic E-state index is 11.5. The molecule has 0 rings (SSSR count). The lowest BCUT2D eigenvalue weighted by Gasteiger charge is -2.04. The molecule has 0 saturated heterocycles. The van der Waals surface area contributed by atoms with E-state index in [1.807, 2.05) is 6.92 Å². The summed E-state index contributed by atoms with van der Waals surface area (Å²) in [6.45, 7) is 6.12. The number of hydrogen-bond acceptors (Lipinski definition) is 1. The minimum atomic E-state index is 0.418. The molecule has 58 valence electrons. The fourth-order valence-electron chi connectivity index (χ4n) is 0.773. The Bertz CT molecular complexity index is 136. The second kappa shape index (κ2) is 5.15. The van der Waals surface area contributed by atoms with Crippen LogP contribution in [-0.4, -0.2) is 5.71 Å². The second-order valence-corrected chi connectivity index (χ2v) is 2.40. The monoisotopic (exact) mass is 143 g/mol. The average molecular weight is 143 g/mol. The fraction of sp³-hybridized carbons (Fsp3) is 0.625. The van der Waals surface area contributed by atoms with Gasteiger partial charge in [0.25, 0.3) is 0 Å². The van der Waals surface area contributed by atoms with E-state index in [0.29, 0.717) is 12.2 Å². The third kappa shape index (κ3) is 3.38. The fourth-order valence-corrected chi connectivity index (χ4v) is 0.773. The molecule has 0 aliphatic heterocycles. The van der Waals surface area contributed by atoms with Crippen LogP contribution in [0.3, 0.4) is 0 Å². The van der Waals surface area contributed by atoms with Crippen molar-refractivity contribution >= 4 is 5.71 Å². The summed E-state index contributed by atoms with van der Waals surface area (Å²) >= 11 is 0. The molecule has 0 heterocycles. The number of rotatable bonds is 3. The molecule has 0 aliphatic carbocycles. The smallest absolute Gasteiger partial charge is 0.105 e. The van der Waals surface area contributed by atoms with Crippen molar-refractivity contribution in [1.82, 2.24) is 0 Å². The first kappa shape index (κ1) is 9.34. The van der Waals surface area contributed by atoms with Gasteiger partial charge in [-0.25, -0.2) is 4.39 Å². The summed E-state index contributed by atoms with van der Waals surface area (Å²) in [7, 11) is 0. The van der Waals surface area contributed by atoms with Crippen molar-refractivity contribution < 1.29 is 4.39 Å². The maximum Gasteiger partial charge on any atom is 0.105 e. The van der Waals surface area contributed by atoms with Crippen LogP contribution in [0.25, 0.3) is 0 Å². The molecule has 2 heteroatoms. The first-order valence-corrected chi connectivity index (χ1v) is 3.54. The summed E-state index contributed by atoms with van der Waals surface area (Å²) in [6.07, 6.45) is 2.54. The van der Waals surface area contributed by atoms with E-state index < -0.39 is 0 Å². The van der Waals surface area contributed by atoms with Crippen LogP contribution in [0.15, 0.2) is 17.5 Å². The first-order valence-electron chi connectivity index (χ1n) is 3.54. The van der Waals surface area contributed by atoms with Crippen molar-refractivity contribution in [2.24, 2.45) is 10.9 Å². The lowest BCUT2D eigenvalue weighted by molar-refractivity contribution is 0.717. The van der Waals surface area contributed by atoms with Crippen molar-refractivity contribution in [2.75, 3.05) is 0 Å². The predicted octanol–water partition coefficient (Wildman–Crippen LogP) is 2.93. The SMILES string of the molecule is CCC(=N/C=C\F)C(C)C. The molecule has 10 heavy (non-hydrogen) atoms. The summed E-state index contributed by atoms with van der Waals surface area (Å²) in [6, 6.07) is 0. The van der Waals surface area contributed by atoms with Crippen LogP contribution in [-0.2, 0) is 0 Å². The summed E-state index contributed by atoms with van der Waals surface area (Å²) < 4.78 is 11.5. The van der Waals surface area contributed by atoms with Crippen LogP contribution in [0.1, 0.15) is 27.2 Å². The first-order chi connectivity index (χ1) is 4.72. The summed E-state index contributed by atoms with van der Waals surface area (Å²) in [4.78, 5) is 3.92. The minimum absolute atomic E-state index is 0.418. The molecule has 0 atom stereocenters. The Morgan fingerprint density at radius 3 is 2.50 bits per heavy atom. The Morgan fingerprint density at radius 1 is 1.60 bits per heavy atom. The van der Waals surface area contributed by atoms with Crippen molar-refractivity contribution in [3.8, 4) is 0 Å². The average Bonchev–Trinajstić information content (AvgIpc) is 1.89. The topological polar surface area (TPSA) is 12.4 Å². The van der Waals surface area contributed by atoms with Crippen LogP contribution in [0.2, 0.25) is 0 Å². The van der Waals surface area contributed by atoms with E-state index in [0.717, 1.165) is 12.1 Å². The van der Waals surface area contributed by atoms with Gasteiger partial charge in [-0.15, -0.1) is 0 Å². The van der Waals surface area contributed by atoms with Crippen molar-refractivity contribution in [2.45, 2.75) is 27.2 Å². The Labute approximate surface area is 61.7 Å². The van der Waals surface area contributed by atoms with Gasteiger partial charge in [0.1, 0.15) is 6.33 Å². The normalized spacial score (nSPS) is 13.5. The van der Waals surface area contributed by atoms with Gasteiger partial charge in [-0.05, 0) is 12.3 Å². The van der Waals surface area contributed by atoms with Crippen LogP contribution in [0.4, 0.5) is 4.39 Å². The lowest BCUT2D eigenvalue weighted by Crippen LogP contribution is -2.04. The Kier molecular flexibility index (Phi) is 4.81.